The predicted octanol–water partition coefficient (Wildman–Crippen LogP) is 4.81. The van der Waals surface area contributed by atoms with E-state index in [2.05, 4.69) is 50.4 Å². The average Bonchev–Trinajstić information content (AvgIpc) is 2.35. The summed E-state index contributed by atoms with van der Waals surface area (Å²) in [7, 11) is 0. The molecule has 100 valence electrons. The first-order chi connectivity index (χ1) is 9.06. The van der Waals surface area contributed by atoms with E-state index in [1.54, 1.807) is 0 Å². The van der Waals surface area contributed by atoms with Crippen molar-refractivity contribution in [1.29, 1.82) is 0 Å². The van der Waals surface area contributed by atoms with Crippen LogP contribution in [0.5, 0.6) is 0 Å². The highest BCUT2D eigenvalue weighted by Crippen LogP contribution is 2.22. The summed E-state index contributed by atoms with van der Waals surface area (Å²) >= 11 is 6.21. The molecule has 0 amide bonds. The minimum atomic E-state index is 0.245. The molecule has 0 bridgehead atoms. The zero-order chi connectivity index (χ0) is 13.8. The van der Waals surface area contributed by atoms with E-state index in [1.807, 2.05) is 18.2 Å². The molecule has 19 heavy (non-hydrogen) atoms. The topological polar surface area (TPSA) is 12.0 Å². The fourth-order valence-corrected chi connectivity index (χ4v) is 2.68. The number of rotatable bonds is 4. The van der Waals surface area contributed by atoms with E-state index >= 15 is 0 Å². The van der Waals surface area contributed by atoms with Crippen LogP contribution in [0, 0.1) is 13.8 Å². The van der Waals surface area contributed by atoms with Gasteiger partial charge in [0, 0.05) is 17.6 Å². The second-order valence-electron chi connectivity index (χ2n) is 5.12. The second kappa shape index (κ2) is 6.23. The van der Waals surface area contributed by atoms with Gasteiger partial charge in [-0.3, -0.25) is 0 Å². The smallest absolute Gasteiger partial charge is 0.0453 e. The third-order valence-corrected chi connectivity index (χ3v) is 3.61. The Morgan fingerprint density at radius 1 is 1.05 bits per heavy atom. The molecule has 0 aliphatic heterocycles. The molecule has 0 aliphatic carbocycles. The molecule has 0 heterocycles. The summed E-state index contributed by atoms with van der Waals surface area (Å²) in [6, 6.07) is 14.9. The summed E-state index contributed by atoms with van der Waals surface area (Å²) in [5.74, 6) is 0. The Balaban J connectivity index is 2.04. The lowest BCUT2D eigenvalue weighted by Gasteiger charge is -2.16. The minimum Gasteiger partial charge on any atom is -0.306 e. The summed E-state index contributed by atoms with van der Waals surface area (Å²) in [6.45, 7) is 7.26. The Hall–Kier alpha value is -1.31. The normalized spacial score (nSPS) is 12.4. The molecular formula is C17H20ClN. The summed E-state index contributed by atoms with van der Waals surface area (Å²) in [4.78, 5) is 0. The van der Waals surface area contributed by atoms with Gasteiger partial charge in [-0.2, -0.15) is 0 Å². The fourth-order valence-electron chi connectivity index (χ4n) is 2.38. The Morgan fingerprint density at radius 2 is 1.68 bits per heavy atom. The standard InChI is InChI=1S/C17H20ClN/c1-12-8-13(2)10-15(9-12)11-19-14(3)16-6-4-5-7-17(16)18/h4-10,14,19H,11H2,1-3H3/t14-/m1/s1. The molecule has 0 radical (unpaired) electrons. The van der Waals surface area contributed by atoms with Crippen LogP contribution in [0.2, 0.25) is 5.02 Å². The molecule has 1 nitrogen and oxygen atoms in total. The predicted molar refractivity (Wildman–Crippen MR) is 82.6 cm³/mol. The highest BCUT2D eigenvalue weighted by Gasteiger charge is 2.08. The Bertz CT molecular complexity index is 543. The van der Waals surface area contributed by atoms with Gasteiger partial charge in [-0.1, -0.05) is 59.1 Å². The second-order valence-corrected chi connectivity index (χ2v) is 5.53. The van der Waals surface area contributed by atoms with Crippen LogP contribution in [0.4, 0.5) is 0 Å². The summed E-state index contributed by atoms with van der Waals surface area (Å²) in [5, 5.41) is 4.35. The van der Waals surface area contributed by atoms with Crippen LogP contribution in [-0.2, 0) is 6.54 Å². The molecule has 0 unspecified atom stereocenters. The van der Waals surface area contributed by atoms with Crippen molar-refractivity contribution in [1.82, 2.24) is 5.32 Å². The molecule has 0 saturated heterocycles. The average molecular weight is 274 g/mol. The Labute approximate surface area is 120 Å². The van der Waals surface area contributed by atoms with Crippen LogP contribution in [0.1, 0.15) is 35.2 Å². The molecule has 0 fully saturated rings. The lowest BCUT2D eigenvalue weighted by Crippen LogP contribution is -2.18. The van der Waals surface area contributed by atoms with Crippen molar-refractivity contribution in [3.63, 3.8) is 0 Å². The zero-order valence-electron chi connectivity index (χ0n) is 11.7. The van der Waals surface area contributed by atoms with Gasteiger partial charge in [0.1, 0.15) is 0 Å². The van der Waals surface area contributed by atoms with Crippen LogP contribution < -0.4 is 5.32 Å². The third kappa shape index (κ3) is 3.82. The van der Waals surface area contributed by atoms with Gasteiger partial charge in [0.2, 0.25) is 0 Å². The van der Waals surface area contributed by atoms with Gasteiger partial charge < -0.3 is 5.32 Å². The van der Waals surface area contributed by atoms with Crippen molar-refractivity contribution in [2.24, 2.45) is 0 Å². The van der Waals surface area contributed by atoms with Crippen LogP contribution in [0.3, 0.4) is 0 Å². The van der Waals surface area contributed by atoms with Crippen molar-refractivity contribution >= 4 is 11.6 Å². The van der Waals surface area contributed by atoms with Gasteiger partial charge in [-0.15, -0.1) is 0 Å². The van der Waals surface area contributed by atoms with E-state index in [0.29, 0.717) is 0 Å². The van der Waals surface area contributed by atoms with E-state index in [9.17, 15) is 0 Å². The van der Waals surface area contributed by atoms with Gasteiger partial charge in [-0.25, -0.2) is 0 Å². The van der Waals surface area contributed by atoms with Crippen molar-refractivity contribution < 1.29 is 0 Å². The lowest BCUT2D eigenvalue weighted by atomic mass is 10.1. The van der Waals surface area contributed by atoms with E-state index < -0.39 is 0 Å². The summed E-state index contributed by atoms with van der Waals surface area (Å²) in [5.41, 5.74) is 5.08. The number of benzene rings is 2. The highest BCUT2D eigenvalue weighted by atomic mass is 35.5. The Kier molecular flexibility index (Phi) is 4.62. The van der Waals surface area contributed by atoms with Crippen molar-refractivity contribution in [2.75, 3.05) is 0 Å². The maximum absolute atomic E-state index is 6.21. The number of halogens is 1. The van der Waals surface area contributed by atoms with E-state index in [4.69, 9.17) is 11.6 Å². The molecule has 0 spiro atoms. The zero-order valence-corrected chi connectivity index (χ0v) is 12.5. The minimum absolute atomic E-state index is 0.245. The first-order valence-corrected chi connectivity index (χ1v) is 6.99. The Morgan fingerprint density at radius 3 is 2.32 bits per heavy atom. The third-order valence-electron chi connectivity index (χ3n) is 3.27. The van der Waals surface area contributed by atoms with E-state index in [0.717, 1.165) is 17.1 Å². The molecule has 1 N–H and O–H groups in total. The first kappa shape index (κ1) is 14.1. The molecule has 2 aromatic rings. The molecule has 0 aromatic heterocycles. The number of nitrogens with one attached hydrogen (secondary N) is 1. The largest absolute Gasteiger partial charge is 0.306 e. The molecular weight excluding hydrogens is 254 g/mol. The molecule has 1 atom stereocenters. The SMILES string of the molecule is Cc1cc(C)cc(CN[C@H](C)c2ccccc2Cl)c1. The van der Waals surface area contributed by atoms with E-state index in [-0.39, 0.29) is 6.04 Å². The van der Waals surface area contributed by atoms with Crippen LogP contribution in [-0.4, -0.2) is 0 Å². The monoisotopic (exact) mass is 273 g/mol. The molecule has 0 aliphatic rings. The molecule has 2 aromatic carbocycles. The van der Waals surface area contributed by atoms with Gasteiger partial charge in [0.15, 0.2) is 0 Å². The maximum Gasteiger partial charge on any atom is 0.0453 e. The fraction of sp³-hybridized carbons (Fsp3) is 0.294. The maximum atomic E-state index is 6.21. The molecule has 2 heteroatoms. The summed E-state index contributed by atoms with van der Waals surface area (Å²) < 4.78 is 0. The van der Waals surface area contributed by atoms with Crippen molar-refractivity contribution in [2.45, 2.75) is 33.4 Å². The van der Waals surface area contributed by atoms with Gasteiger partial charge in [0.05, 0.1) is 0 Å². The summed E-state index contributed by atoms with van der Waals surface area (Å²) in [6.07, 6.45) is 0. The van der Waals surface area contributed by atoms with Gasteiger partial charge in [-0.05, 0) is 38.0 Å². The molecule has 2 rings (SSSR count). The quantitative estimate of drug-likeness (QED) is 0.843. The van der Waals surface area contributed by atoms with Gasteiger partial charge in [0.25, 0.3) is 0 Å². The van der Waals surface area contributed by atoms with E-state index in [1.165, 1.54) is 16.7 Å². The molecule has 0 saturated carbocycles. The number of hydrogen-bond donors (Lipinski definition) is 1. The lowest BCUT2D eigenvalue weighted by molar-refractivity contribution is 0.574. The van der Waals surface area contributed by atoms with Crippen molar-refractivity contribution in [3.8, 4) is 0 Å². The number of hydrogen-bond acceptors (Lipinski definition) is 1. The number of aryl methyl sites for hydroxylation is 2. The van der Waals surface area contributed by atoms with Crippen LogP contribution in [0.15, 0.2) is 42.5 Å². The first-order valence-electron chi connectivity index (χ1n) is 6.61. The van der Waals surface area contributed by atoms with Crippen molar-refractivity contribution in [3.05, 3.63) is 69.7 Å². The van der Waals surface area contributed by atoms with Gasteiger partial charge >= 0.3 is 0 Å². The van der Waals surface area contributed by atoms with Crippen LogP contribution >= 0.6 is 11.6 Å². The highest BCUT2D eigenvalue weighted by molar-refractivity contribution is 6.31. The van der Waals surface area contributed by atoms with Crippen LogP contribution in [0.25, 0.3) is 0 Å².